The molecule has 0 radical (unpaired) electrons. The SMILES string of the molecule is COc1ccccc1OCC(=O)N(CCc1ccccc1)[C@@H](C)C(=O)NCC(C)C. The van der Waals surface area contributed by atoms with E-state index in [4.69, 9.17) is 9.47 Å². The Labute approximate surface area is 179 Å². The summed E-state index contributed by atoms with van der Waals surface area (Å²) in [4.78, 5) is 27.2. The Balaban J connectivity index is 2.08. The summed E-state index contributed by atoms with van der Waals surface area (Å²) in [6.45, 7) is 6.64. The standard InChI is InChI=1S/C24H32N2O4/c1-18(2)16-25-24(28)19(3)26(15-14-20-10-6-5-7-11-20)23(27)17-30-22-13-9-8-12-21(22)29-4/h5-13,18-19H,14-17H2,1-4H3,(H,25,28)/t19-/m0/s1. The van der Waals surface area contributed by atoms with Gasteiger partial charge in [0.05, 0.1) is 7.11 Å². The molecule has 30 heavy (non-hydrogen) atoms. The van der Waals surface area contributed by atoms with Gasteiger partial charge >= 0.3 is 0 Å². The molecule has 0 saturated heterocycles. The molecule has 0 fully saturated rings. The Morgan fingerprint density at radius 2 is 1.60 bits per heavy atom. The molecule has 1 N–H and O–H groups in total. The van der Waals surface area contributed by atoms with Crippen molar-refractivity contribution in [3.63, 3.8) is 0 Å². The number of nitrogens with one attached hydrogen (secondary N) is 1. The van der Waals surface area contributed by atoms with Gasteiger partial charge in [0.25, 0.3) is 5.91 Å². The molecule has 2 rings (SSSR count). The molecular formula is C24H32N2O4. The number of carbonyl (C=O) groups excluding carboxylic acids is 2. The maximum Gasteiger partial charge on any atom is 0.261 e. The molecule has 6 nitrogen and oxygen atoms in total. The van der Waals surface area contributed by atoms with E-state index < -0.39 is 6.04 Å². The Morgan fingerprint density at radius 1 is 0.967 bits per heavy atom. The van der Waals surface area contributed by atoms with Crippen molar-refractivity contribution in [3.8, 4) is 11.5 Å². The predicted molar refractivity (Wildman–Crippen MR) is 118 cm³/mol. The molecule has 162 valence electrons. The maximum absolute atomic E-state index is 13.0. The van der Waals surface area contributed by atoms with Gasteiger partial charge in [-0.2, -0.15) is 0 Å². The number of ether oxygens (including phenoxy) is 2. The fourth-order valence-corrected chi connectivity index (χ4v) is 2.98. The van der Waals surface area contributed by atoms with Gasteiger partial charge in [-0.1, -0.05) is 56.3 Å². The molecule has 0 aliphatic rings. The second-order valence-electron chi connectivity index (χ2n) is 7.58. The maximum atomic E-state index is 13.0. The van der Waals surface area contributed by atoms with E-state index in [0.717, 1.165) is 5.56 Å². The van der Waals surface area contributed by atoms with E-state index >= 15 is 0 Å². The quantitative estimate of drug-likeness (QED) is 0.615. The number of para-hydroxylation sites is 2. The van der Waals surface area contributed by atoms with Crippen LogP contribution in [0.1, 0.15) is 26.3 Å². The van der Waals surface area contributed by atoms with E-state index in [1.807, 2.05) is 56.3 Å². The van der Waals surface area contributed by atoms with Gasteiger partial charge in [-0.3, -0.25) is 9.59 Å². The molecule has 0 aliphatic carbocycles. The molecule has 2 aromatic rings. The molecule has 0 spiro atoms. The number of nitrogens with zero attached hydrogens (tertiary/aromatic N) is 1. The first-order chi connectivity index (χ1) is 14.4. The molecule has 0 bridgehead atoms. The van der Waals surface area contributed by atoms with Crippen molar-refractivity contribution >= 4 is 11.8 Å². The Kier molecular flexibility index (Phi) is 9.19. The van der Waals surface area contributed by atoms with Crippen molar-refractivity contribution < 1.29 is 19.1 Å². The smallest absolute Gasteiger partial charge is 0.261 e. The van der Waals surface area contributed by atoms with Gasteiger partial charge in [0.15, 0.2) is 18.1 Å². The fraction of sp³-hybridized carbons (Fsp3) is 0.417. The first-order valence-corrected chi connectivity index (χ1v) is 10.3. The highest BCUT2D eigenvalue weighted by atomic mass is 16.5. The summed E-state index contributed by atoms with van der Waals surface area (Å²) in [5, 5.41) is 2.91. The van der Waals surface area contributed by atoms with Crippen molar-refractivity contribution in [3.05, 3.63) is 60.2 Å². The third-order valence-electron chi connectivity index (χ3n) is 4.76. The van der Waals surface area contributed by atoms with Gasteiger partial charge in [0.1, 0.15) is 6.04 Å². The molecule has 6 heteroatoms. The Morgan fingerprint density at radius 3 is 2.23 bits per heavy atom. The Bertz CT molecular complexity index is 808. The lowest BCUT2D eigenvalue weighted by Crippen LogP contribution is -2.50. The van der Waals surface area contributed by atoms with Crippen molar-refractivity contribution in [1.82, 2.24) is 10.2 Å². The van der Waals surface area contributed by atoms with Crippen LogP contribution in [0.4, 0.5) is 0 Å². The second kappa shape index (κ2) is 11.9. The summed E-state index contributed by atoms with van der Waals surface area (Å²) in [6, 6.07) is 16.5. The van der Waals surface area contributed by atoms with Crippen molar-refractivity contribution in [2.24, 2.45) is 5.92 Å². The van der Waals surface area contributed by atoms with E-state index in [1.54, 1.807) is 31.1 Å². The van der Waals surface area contributed by atoms with E-state index in [9.17, 15) is 9.59 Å². The molecule has 0 unspecified atom stereocenters. The zero-order chi connectivity index (χ0) is 21.9. The highest BCUT2D eigenvalue weighted by Gasteiger charge is 2.26. The summed E-state index contributed by atoms with van der Waals surface area (Å²) in [7, 11) is 1.55. The van der Waals surface area contributed by atoms with Crippen molar-refractivity contribution in [2.45, 2.75) is 33.2 Å². The summed E-state index contributed by atoms with van der Waals surface area (Å²) in [5.41, 5.74) is 1.11. The van der Waals surface area contributed by atoms with Crippen LogP contribution in [0.3, 0.4) is 0 Å². The number of methoxy groups -OCH3 is 1. The minimum absolute atomic E-state index is 0.164. The zero-order valence-electron chi connectivity index (χ0n) is 18.3. The minimum Gasteiger partial charge on any atom is -0.493 e. The normalized spacial score (nSPS) is 11.6. The van der Waals surface area contributed by atoms with Gasteiger partial charge < -0.3 is 19.7 Å². The van der Waals surface area contributed by atoms with Gasteiger partial charge in [-0.25, -0.2) is 0 Å². The zero-order valence-corrected chi connectivity index (χ0v) is 18.3. The van der Waals surface area contributed by atoms with E-state index in [0.29, 0.717) is 36.9 Å². The van der Waals surface area contributed by atoms with E-state index in [2.05, 4.69) is 5.32 Å². The first-order valence-electron chi connectivity index (χ1n) is 10.3. The molecule has 2 amide bonds. The van der Waals surface area contributed by atoms with Crippen molar-refractivity contribution in [1.29, 1.82) is 0 Å². The average molecular weight is 413 g/mol. The fourth-order valence-electron chi connectivity index (χ4n) is 2.98. The highest BCUT2D eigenvalue weighted by molar-refractivity contribution is 5.88. The monoisotopic (exact) mass is 412 g/mol. The summed E-state index contributed by atoms with van der Waals surface area (Å²) in [5.74, 6) is 0.979. The van der Waals surface area contributed by atoms with Crippen LogP contribution in [0, 0.1) is 5.92 Å². The highest BCUT2D eigenvalue weighted by Crippen LogP contribution is 2.25. The molecule has 0 aromatic heterocycles. The van der Waals surface area contributed by atoms with Crippen LogP contribution in [0.2, 0.25) is 0 Å². The summed E-state index contributed by atoms with van der Waals surface area (Å²) >= 11 is 0. The molecule has 0 saturated carbocycles. The molecule has 2 aromatic carbocycles. The van der Waals surface area contributed by atoms with E-state index in [-0.39, 0.29) is 18.4 Å². The number of hydrogen-bond donors (Lipinski definition) is 1. The largest absolute Gasteiger partial charge is 0.493 e. The van der Waals surface area contributed by atoms with Crippen LogP contribution < -0.4 is 14.8 Å². The lowest BCUT2D eigenvalue weighted by molar-refractivity contribution is -0.141. The minimum atomic E-state index is -0.596. The predicted octanol–water partition coefficient (Wildman–Crippen LogP) is 3.31. The summed E-state index contributed by atoms with van der Waals surface area (Å²) < 4.78 is 11.0. The molecule has 0 aliphatic heterocycles. The lowest BCUT2D eigenvalue weighted by atomic mass is 10.1. The average Bonchev–Trinajstić information content (AvgIpc) is 2.76. The van der Waals surface area contributed by atoms with Gasteiger partial charge in [0, 0.05) is 13.1 Å². The number of carbonyl (C=O) groups is 2. The van der Waals surface area contributed by atoms with Gasteiger partial charge in [0.2, 0.25) is 5.91 Å². The Hall–Kier alpha value is -3.02. The van der Waals surface area contributed by atoms with Crippen LogP contribution in [0.15, 0.2) is 54.6 Å². The molecular weight excluding hydrogens is 380 g/mol. The molecule has 0 heterocycles. The number of benzene rings is 2. The van der Waals surface area contributed by atoms with Gasteiger partial charge in [-0.05, 0) is 37.0 Å². The van der Waals surface area contributed by atoms with Crippen LogP contribution in [-0.2, 0) is 16.0 Å². The first kappa shape index (κ1) is 23.3. The van der Waals surface area contributed by atoms with Crippen molar-refractivity contribution in [2.75, 3.05) is 26.8 Å². The topological polar surface area (TPSA) is 67.9 Å². The summed E-state index contributed by atoms with van der Waals surface area (Å²) in [6.07, 6.45) is 0.656. The van der Waals surface area contributed by atoms with Crippen LogP contribution >= 0.6 is 0 Å². The van der Waals surface area contributed by atoms with E-state index in [1.165, 1.54) is 0 Å². The lowest BCUT2D eigenvalue weighted by Gasteiger charge is -2.29. The van der Waals surface area contributed by atoms with Crippen LogP contribution in [-0.4, -0.2) is 49.6 Å². The number of rotatable bonds is 11. The number of hydrogen-bond acceptors (Lipinski definition) is 4. The number of amides is 2. The van der Waals surface area contributed by atoms with Gasteiger partial charge in [-0.15, -0.1) is 0 Å². The molecule has 1 atom stereocenters. The van der Waals surface area contributed by atoms with Crippen LogP contribution in [0.25, 0.3) is 0 Å². The third-order valence-corrected chi connectivity index (χ3v) is 4.76. The second-order valence-corrected chi connectivity index (χ2v) is 7.58. The van der Waals surface area contributed by atoms with Crippen LogP contribution in [0.5, 0.6) is 11.5 Å². The third kappa shape index (κ3) is 7.10.